The van der Waals surface area contributed by atoms with Crippen molar-refractivity contribution >= 4 is 37.1 Å². The van der Waals surface area contributed by atoms with Gasteiger partial charge in [0.05, 0.1) is 7.11 Å². The molecule has 1 atom stereocenters. The zero-order valence-corrected chi connectivity index (χ0v) is 13.2. The van der Waals surface area contributed by atoms with Gasteiger partial charge in [0.25, 0.3) is 9.05 Å². The molecule has 0 amide bonds. The van der Waals surface area contributed by atoms with Crippen molar-refractivity contribution in [2.24, 2.45) is 0 Å². The van der Waals surface area contributed by atoms with E-state index in [2.05, 4.69) is 0 Å². The summed E-state index contributed by atoms with van der Waals surface area (Å²) in [5, 5.41) is 0. The maximum atomic E-state index is 12.2. The fourth-order valence-corrected chi connectivity index (χ4v) is 3.66. The van der Waals surface area contributed by atoms with Gasteiger partial charge in [-0.05, 0) is 19.1 Å². The summed E-state index contributed by atoms with van der Waals surface area (Å²) in [5.41, 5.74) is 0.622. The third-order valence-electron chi connectivity index (χ3n) is 3.62. The molecular formula is C14H11ClO6S. The lowest BCUT2D eigenvalue weighted by Gasteiger charge is -2.18. The molecule has 0 spiro atoms. The van der Waals surface area contributed by atoms with Crippen molar-refractivity contribution in [3.63, 3.8) is 0 Å². The molecule has 2 aliphatic rings. The molecule has 1 aliphatic heterocycles. The van der Waals surface area contributed by atoms with Gasteiger partial charge in [-0.2, -0.15) is 0 Å². The predicted molar refractivity (Wildman–Crippen MR) is 77.5 cm³/mol. The van der Waals surface area contributed by atoms with Crippen LogP contribution in [0.2, 0.25) is 0 Å². The third-order valence-corrected chi connectivity index (χ3v) is 4.96. The molecule has 1 heterocycles. The predicted octanol–water partition coefficient (Wildman–Crippen LogP) is 1.91. The summed E-state index contributed by atoms with van der Waals surface area (Å²) in [6.07, 6.45) is 0.118. The molecule has 1 aliphatic carbocycles. The molecular weight excluding hydrogens is 332 g/mol. The quantitative estimate of drug-likeness (QED) is 0.602. The van der Waals surface area contributed by atoms with Gasteiger partial charge < -0.3 is 9.47 Å². The number of ketones is 2. The van der Waals surface area contributed by atoms with Gasteiger partial charge in [-0.25, -0.2) is 8.42 Å². The summed E-state index contributed by atoms with van der Waals surface area (Å²) in [6.45, 7) is 1.78. The Morgan fingerprint density at radius 1 is 1.23 bits per heavy atom. The van der Waals surface area contributed by atoms with E-state index in [1.54, 1.807) is 6.92 Å². The van der Waals surface area contributed by atoms with E-state index < -0.39 is 20.6 Å². The molecule has 1 aromatic carbocycles. The lowest BCUT2D eigenvalue weighted by atomic mass is 9.87. The molecule has 1 unspecified atom stereocenters. The molecule has 6 nitrogen and oxygen atoms in total. The Kier molecular flexibility index (Phi) is 3.30. The molecule has 0 bridgehead atoms. The van der Waals surface area contributed by atoms with Crippen LogP contribution in [0.5, 0.6) is 5.75 Å². The largest absolute Gasteiger partial charge is 0.495 e. The highest BCUT2D eigenvalue weighted by atomic mass is 35.7. The number of hydrogen-bond donors (Lipinski definition) is 0. The minimum atomic E-state index is -4.13. The van der Waals surface area contributed by atoms with Crippen molar-refractivity contribution in [1.29, 1.82) is 0 Å². The van der Waals surface area contributed by atoms with Gasteiger partial charge in [0.1, 0.15) is 22.5 Å². The third kappa shape index (κ3) is 2.12. The number of methoxy groups -OCH3 is 1. The summed E-state index contributed by atoms with van der Waals surface area (Å²) < 4.78 is 33.9. The topological polar surface area (TPSA) is 86.7 Å². The Balaban J connectivity index is 2.32. The number of benzene rings is 1. The molecule has 8 heteroatoms. The average Bonchev–Trinajstić information content (AvgIpc) is 2.84. The first-order chi connectivity index (χ1) is 10.2. The highest BCUT2D eigenvalue weighted by molar-refractivity contribution is 8.13. The summed E-state index contributed by atoms with van der Waals surface area (Å²) in [4.78, 5) is 24.0. The van der Waals surface area contributed by atoms with Gasteiger partial charge >= 0.3 is 0 Å². The second kappa shape index (κ2) is 4.82. The molecule has 0 saturated heterocycles. The van der Waals surface area contributed by atoms with E-state index in [1.807, 2.05) is 0 Å². The highest BCUT2D eigenvalue weighted by Crippen LogP contribution is 2.42. The van der Waals surface area contributed by atoms with Gasteiger partial charge in [-0.3, -0.25) is 9.59 Å². The van der Waals surface area contributed by atoms with Gasteiger partial charge in [0.2, 0.25) is 11.6 Å². The van der Waals surface area contributed by atoms with Crippen molar-refractivity contribution in [1.82, 2.24) is 0 Å². The molecule has 0 saturated carbocycles. The lowest BCUT2D eigenvalue weighted by Crippen LogP contribution is -2.23. The van der Waals surface area contributed by atoms with Crippen molar-refractivity contribution in [2.45, 2.75) is 24.3 Å². The smallest absolute Gasteiger partial charge is 0.265 e. The van der Waals surface area contributed by atoms with Crippen molar-refractivity contribution < 1.29 is 27.5 Å². The monoisotopic (exact) mass is 342 g/mol. The second-order valence-corrected chi connectivity index (χ2v) is 7.62. The maximum Gasteiger partial charge on any atom is 0.265 e. The van der Waals surface area contributed by atoms with Gasteiger partial charge in [-0.1, -0.05) is 0 Å². The van der Waals surface area contributed by atoms with Gasteiger partial charge in [0, 0.05) is 33.8 Å². The highest BCUT2D eigenvalue weighted by Gasteiger charge is 2.40. The Bertz CT molecular complexity index is 852. The molecule has 0 fully saturated rings. The first kappa shape index (κ1) is 15.1. The van der Waals surface area contributed by atoms with Gasteiger partial charge in [0.15, 0.2) is 0 Å². The first-order valence-electron chi connectivity index (χ1n) is 6.40. The fraction of sp³-hybridized carbons (Fsp3) is 0.286. The molecule has 22 heavy (non-hydrogen) atoms. The van der Waals surface area contributed by atoms with Crippen LogP contribution in [0.1, 0.15) is 29.3 Å². The second-order valence-electron chi connectivity index (χ2n) is 5.09. The van der Waals surface area contributed by atoms with Crippen LogP contribution >= 0.6 is 10.7 Å². The number of ether oxygens (including phenoxy) is 2. The van der Waals surface area contributed by atoms with E-state index in [9.17, 15) is 18.0 Å². The standard InChI is InChI=1S/C14H11ClO6S/c1-6-3-9-13(17)12(16)7-5-11(22(15,18)19)10(20-2)4-8(7)14(9)21-6/h4-6H,3H2,1-2H3. The summed E-state index contributed by atoms with van der Waals surface area (Å²) in [7, 11) is 2.52. The minimum Gasteiger partial charge on any atom is -0.495 e. The minimum absolute atomic E-state index is 0.00842. The Morgan fingerprint density at radius 2 is 1.91 bits per heavy atom. The Hall–Kier alpha value is -1.86. The Labute approximate surface area is 131 Å². The van der Waals surface area contributed by atoms with Crippen molar-refractivity contribution in [2.75, 3.05) is 7.11 Å². The van der Waals surface area contributed by atoms with Crippen LogP contribution in [0.15, 0.2) is 22.6 Å². The number of halogens is 1. The van der Waals surface area contributed by atoms with Crippen LogP contribution in [0.3, 0.4) is 0 Å². The van der Waals surface area contributed by atoms with E-state index in [1.165, 1.54) is 13.2 Å². The number of rotatable bonds is 2. The van der Waals surface area contributed by atoms with Crippen LogP contribution in [-0.4, -0.2) is 33.2 Å². The lowest BCUT2D eigenvalue weighted by molar-refractivity contribution is -0.112. The molecule has 0 aromatic heterocycles. The molecule has 116 valence electrons. The summed E-state index contributed by atoms with van der Waals surface area (Å²) in [6, 6.07) is 2.43. The van der Waals surface area contributed by atoms with Gasteiger partial charge in [-0.15, -0.1) is 0 Å². The van der Waals surface area contributed by atoms with Crippen LogP contribution in [0.4, 0.5) is 0 Å². The number of hydrogen-bond acceptors (Lipinski definition) is 6. The van der Waals surface area contributed by atoms with Crippen LogP contribution in [0.25, 0.3) is 5.76 Å². The summed E-state index contributed by atoms with van der Waals surface area (Å²) >= 11 is 0. The SMILES string of the molecule is COc1cc2c(cc1S(=O)(=O)Cl)C(=O)C(=O)C1=C2OC(C)C1. The zero-order chi connectivity index (χ0) is 16.2. The Morgan fingerprint density at radius 3 is 2.50 bits per heavy atom. The summed E-state index contributed by atoms with van der Waals surface area (Å²) in [5.74, 6) is -1.14. The fourth-order valence-electron chi connectivity index (χ4n) is 2.66. The van der Waals surface area contributed by atoms with Crippen molar-refractivity contribution in [3.8, 4) is 5.75 Å². The molecule has 3 rings (SSSR count). The van der Waals surface area contributed by atoms with Crippen LogP contribution in [-0.2, 0) is 18.6 Å². The molecule has 0 radical (unpaired) electrons. The molecule has 1 aromatic rings. The number of Topliss-reactive ketones (excluding diaryl/α,β-unsaturated/α-hetero) is 2. The van der Waals surface area contributed by atoms with Crippen LogP contribution in [0, 0.1) is 0 Å². The normalized spacial score (nSPS) is 20.6. The van der Waals surface area contributed by atoms with E-state index in [0.717, 1.165) is 6.07 Å². The average molecular weight is 343 g/mol. The number of carbonyl (C=O) groups excluding carboxylic acids is 2. The van der Waals surface area contributed by atoms with E-state index in [4.69, 9.17) is 20.2 Å². The first-order valence-corrected chi connectivity index (χ1v) is 8.71. The zero-order valence-electron chi connectivity index (χ0n) is 11.7. The molecule has 0 N–H and O–H groups in total. The van der Waals surface area contributed by atoms with Crippen molar-refractivity contribution in [3.05, 3.63) is 28.8 Å². The maximum absolute atomic E-state index is 12.2. The van der Waals surface area contributed by atoms with E-state index >= 15 is 0 Å². The van der Waals surface area contributed by atoms with Crippen LogP contribution < -0.4 is 4.74 Å². The number of carbonyl (C=O) groups is 2. The number of fused-ring (bicyclic) bond motifs is 2. The van der Waals surface area contributed by atoms with E-state index in [0.29, 0.717) is 23.3 Å². The van der Waals surface area contributed by atoms with E-state index in [-0.39, 0.29) is 22.3 Å².